The van der Waals surface area contributed by atoms with Gasteiger partial charge < -0.3 is 10.6 Å². The first kappa shape index (κ1) is 11.0. The number of nitrogens with zero attached hydrogens (tertiary/aromatic N) is 1. The van der Waals surface area contributed by atoms with Crippen LogP contribution in [0.1, 0.15) is 26.4 Å². The van der Waals surface area contributed by atoms with Crippen LogP contribution in [0, 0.1) is 6.92 Å². The number of halogens is 1. The van der Waals surface area contributed by atoms with E-state index in [9.17, 15) is 4.79 Å². The van der Waals surface area contributed by atoms with Gasteiger partial charge in [0.25, 0.3) is 5.24 Å². The van der Waals surface area contributed by atoms with Crippen molar-refractivity contribution in [1.82, 2.24) is 15.6 Å². The molecule has 1 atom stereocenters. The van der Waals surface area contributed by atoms with Crippen LogP contribution in [0.4, 0.5) is 0 Å². The smallest absolute Gasteiger partial charge is 0.264 e. The Labute approximate surface area is 97.0 Å². The van der Waals surface area contributed by atoms with Crippen LogP contribution >= 0.6 is 22.9 Å². The highest BCUT2D eigenvalue weighted by atomic mass is 35.5. The Morgan fingerprint density at radius 3 is 2.93 bits per heavy atom. The molecular formula is C9H12ClN3OS. The SMILES string of the molecule is Cc1nc(C2CNCCN2)sc1C(=O)Cl. The summed E-state index contributed by atoms with van der Waals surface area (Å²) < 4.78 is 0. The maximum atomic E-state index is 11.1. The lowest BCUT2D eigenvalue weighted by atomic mass is 10.2. The van der Waals surface area contributed by atoms with Gasteiger partial charge in [-0.05, 0) is 18.5 Å². The number of hydrogen-bond donors (Lipinski definition) is 2. The van der Waals surface area contributed by atoms with Crippen molar-refractivity contribution in [3.05, 3.63) is 15.6 Å². The molecule has 2 heterocycles. The fourth-order valence-corrected chi connectivity index (χ4v) is 2.80. The van der Waals surface area contributed by atoms with Crippen LogP contribution in [0.25, 0.3) is 0 Å². The molecule has 1 aliphatic rings. The number of nitrogens with one attached hydrogen (secondary N) is 2. The molecule has 0 aliphatic carbocycles. The van der Waals surface area contributed by atoms with Crippen LogP contribution in [0.5, 0.6) is 0 Å². The summed E-state index contributed by atoms with van der Waals surface area (Å²) in [6.45, 7) is 4.56. The number of aromatic nitrogens is 1. The summed E-state index contributed by atoms with van der Waals surface area (Å²) in [5.41, 5.74) is 0.724. The first-order valence-electron chi connectivity index (χ1n) is 4.79. The Morgan fingerprint density at radius 2 is 2.40 bits per heavy atom. The minimum Gasteiger partial charge on any atom is -0.313 e. The molecule has 82 valence electrons. The Hall–Kier alpha value is -0.490. The van der Waals surface area contributed by atoms with Crippen molar-refractivity contribution in [2.24, 2.45) is 0 Å². The Morgan fingerprint density at radius 1 is 1.60 bits per heavy atom. The molecule has 0 bridgehead atoms. The zero-order valence-electron chi connectivity index (χ0n) is 8.34. The summed E-state index contributed by atoms with van der Waals surface area (Å²) >= 11 is 6.84. The van der Waals surface area contributed by atoms with Crippen molar-refractivity contribution in [2.75, 3.05) is 19.6 Å². The van der Waals surface area contributed by atoms with Crippen LogP contribution in [0.2, 0.25) is 0 Å². The maximum Gasteiger partial charge on any atom is 0.264 e. The topological polar surface area (TPSA) is 54.0 Å². The molecule has 0 radical (unpaired) electrons. The summed E-state index contributed by atoms with van der Waals surface area (Å²) in [4.78, 5) is 16.0. The highest BCUT2D eigenvalue weighted by Crippen LogP contribution is 2.25. The van der Waals surface area contributed by atoms with Gasteiger partial charge in [-0.15, -0.1) is 11.3 Å². The molecule has 1 aliphatic heterocycles. The lowest BCUT2D eigenvalue weighted by Crippen LogP contribution is -2.42. The largest absolute Gasteiger partial charge is 0.313 e. The molecule has 1 unspecified atom stereocenters. The lowest BCUT2D eigenvalue weighted by Gasteiger charge is -2.22. The monoisotopic (exact) mass is 245 g/mol. The summed E-state index contributed by atoms with van der Waals surface area (Å²) in [5.74, 6) is 0. The van der Waals surface area contributed by atoms with Gasteiger partial charge in [0.05, 0.1) is 11.7 Å². The molecule has 2 N–H and O–H groups in total. The van der Waals surface area contributed by atoms with E-state index in [1.165, 1.54) is 11.3 Å². The molecule has 4 nitrogen and oxygen atoms in total. The van der Waals surface area contributed by atoms with Crippen molar-refractivity contribution in [1.29, 1.82) is 0 Å². The minimum atomic E-state index is -0.417. The second-order valence-electron chi connectivity index (χ2n) is 3.45. The van der Waals surface area contributed by atoms with E-state index >= 15 is 0 Å². The van der Waals surface area contributed by atoms with Gasteiger partial charge in [0.2, 0.25) is 0 Å². The molecule has 0 spiro atoms. The first-order valence-corrected chi connectivity index (χ1v) is 5.99. The predicted octanol–water partition coefficient (Wildman–Crippen LogP) is 1.06. The molecule has 1 aromatic heterocycles. The molecule has 0 saturated carbocycles. The highest BCUT2D eigenvalue weighted by Gasteiger charge is 2.21. The second-order valence-corrected chi connectivity index (χ2v) is 4.83. The molecule has 2 rings (SSSR count). The van der Waals surface area contributed by atoms with Crippen molar-refractivity contribution in [3.63, 3.8) is 0 Å². The molecule has 1 fully saturated rings. The Bertz CT molecular complexity index is 373. The van der Waals surface area contributed by atoms with E-state index in [-0.39, 0.29) is 6.04 Å². The molecule has 15 heavy (non-hydrogen) atoms. The van der Waals surface area contributed by atoms with Crippen molar-refractivity contribution in [2.45, 2.75) is 13.0 Å². The van der Waals surface area contributed by atoms with E-state index in [1.807, 2.05) is 6.92 Å². The van der Waals surface area contributed by atoms with Gasteiger partial charge in [-0.3, -0.25) is 4.79 Å². The third kappa shape index (κ3) is 2.36. The van der Waals surface area contributed by atoms with Crippen LogP contribution in [0.15, 0.2) is 0 Å². The fraction of sp³-hybridized carbons (Fsp3) is 0.556. The fourth-order valence-electron chi connectivity index (χ4n) is 1.58. The van der Waals surface area contributed by atoms with E-state index in [1.54, 1.807) is 0 Å². The van der Waals surface area contributed by atoms with Gasteiger partial charge in [0, 0.05) is 19.6 Å². The average molecular weight is 246 g/mol. The summed E-state index contributed by atoms with van der Waals surface area (Å²) in [5, 5.41) is 7.14. The predicted molar refractivity (Wildman–Crippen MR) is 60.6 cm³/mol. The number of thiazole rings is 1. The lowest BCUT2D eigenvalue weighted by molar-refractivity contribution is 0.108. The Kier molecular flexibility index (Phi) is 3.35. The first-order chi connectivity index (χ1) is 7.18. The van der Waals surface area contributed by atoms with Gasteiger partial charge in [-0.25, -0.2) is 4.98 Å². The van der Waals surface area contributed by atoms with E-state index in [0.29, 0.717) is 4.88 Å². The summed E-state index contributed by atoms with van der Waals surface area (Å²) in [6, 6.07) is 0.201. The van der Waals surface area contributed by atoms with Gasteiger partial charge in [-0.1, -0.05) is 0 Å². The van der Waals surface area contributed by atoms with E-state index in [0.717, 1.165) is 30.3 Å². The summed E-state index contributed by atoms with van der Waals surface area (Å²) in [6.07, 6.45) is 0. The number of aryl methyl sites for hydroxylation is 1. The molecular weight excluding hydrogens is 234 g/mol. The number of carbonyl (C=O) groups excluding carboxylic acids is 1. The zero-order valence-corrected chi connectivity index (χ0v) is 9.91. The quantitative estimate of drug-likeness (QED) is 0.766. The van der Waals surface area contributed by atoms with Crippen LogP contribution in [-0.2, 0) is 0 Å². The number of carbonyl (C=O) groups is 1. The van der Waals surface area contributed by atoms with Crippen LogP contribution < -0.4 is 10.6 Å². The maximum absolute atomic E-state index is 11.1. The number of rotatable bonds is 2. The molecule has 1 saturated heterocycles. The third-order valence-corrected chi connectivity index (χ3v) is 3.90. The number of piperazine rings is 1. The molecule has 1 aromatic rings. The van der Waals surface area contributed by atoms with Gasteiger partial charge in [-0.2, -0.15) is 0 Å². The van der Waals surface area contributed by atoms with Crippen molar-refractivity contribution < 1.29 is 4.79 Å². The van der Waals surface area contributed by atoms with Gasteiger partial charge in [0.15, 0.2) is 0 Å². The van der Waals surface area contributed by atoms with Crippen molar-refractivity contribution in [3.8, 4) is 0 Å². The highest BCUT2D eigenvalue weighted by molar-refractivity contribution is 7.15. The standard InChI is InChI=1S/C9H12ClN3OS/c1-5-7(8(10)14)15-9(13-5)6-4-11-2-3-12-6/h6,11-12H,2-4H2,1H3. The van der Waals surface area contributed by atoms with Gasteiger partial charge >= 0.3 is 0 Å². The normalized spacial score (nSPS) is 21.6. The molecule has 6 heteroatoms. The molecule has 0 amide bonds. The van der Waals surface area contributed by atoms with Crippen molar-refractivity contribution >= 4 is 28.2 Å². The van der Waals surface area contributed by atoms with E-state index in [4.69, 9.17) is 11.6 Å². The van der Waals surface area contributed by atoms with E-state index < -0.39 is 5.24 Å². The molecule has 0 aromatic carbocycles. The van der Waals surface area contributed by atoms with Crippen LogP contribution in [-0.4, -0.2) is 29.9 Å². The van der Waals surface area contributed by atoms with E-state index in [2.05, 4.69) is 15.6 Å². The Balaban J connectivity index is 2.21. The summed E-state index contributed by atoms with van der Waals surface area (Å²) in [7, 11) is 0. The average Bonchev–Trinajstić information content (AvgIpc) is 2.62. The second kappa shape index (κ2) is 4.57. The zero-order chi connectivity index (χ0) is 10.8. The van der Waals surface area contributed by atoms with Gasteiger partial charge in [0.1, 0.15) is 9.88 Å². The third-order valence-electron chi connectivity index (χ3n) is 2.33. The van der Waals surface area contributed by atoms with Crippen LogP contribution in [0.3, 0.4) is 0 Å². The minimum absolute atomic E-state index is 0.201. The number of hydrogen-bond acceptors (Lipinski definition) is 5.